The second kappa shape index (κ2) is 5.56. The van der Waals surface area contributed by atoms with E-state index in [1.807, 2.05) is 26.0 Å². The van der Waals surface area contributed by atoms with Crippen molar-refractivity contribution in [2.45, 2.75) is 20.0 Å². The maximum Gasteiger partial charge on any atom is 0.218 e. The lowest BCUT2D eigenvalue weighted by molar-refractivity contribution is 0.207. The monoisotopic (exact) mass is 255 g/mol. The van der Waals surface area contributed by atoms with Crippen LogP contribution in [0.1, 0.15) is 13.8 Å². The second-order valence-corrected chi connectivity index (χ2v) is 7.01. The Labute approximate surface area is 101 Å². The lowest BCUT2D eigenvalue weighted by atomic mass is 10.1. The maximum absolute atomic E-state index is 10.1. The van der Waals surface area contributed by atoms with Gasteiger partial charge in [0.05, 0.1) is 6.07 Å². The molecule has 1 aromatic carbocycles. The fourth-order valence-corrected chi connectivity index (χ4v) is 3.04. The van der Waals surface area contributed by atoms with Gasteiger partial charge in [0.15, 0.2) is 6.10 Å². The summed E-state index contributed by atoms with van der Waals surface area (Å²) in [6.07, 6.45) is -0.670. The average molecular weight is 255 g/mol. The van der Waals surface area contributed by atoms with Gasteiger partial charge in [-0.2, -0.15) is 5.26 Å². The highest BCUT2D eigenvalue weighted by molar-refractivity contribution is 8.13. The molecule has 0 heterocycles. The smallest absolute Gasteiger partial charge is 0.218 e. The summed E-state index contributed by atoms with van der Waals surface area (Å²) in [5.74, 6) is 0.00295. The van der Waals surface area contributed by atoms with Crippen LogP contribution in [0.5, 0.6) is 0 Å². The van der Waals surface area contributed by atoms with E-state index in [0.29, 0.717) is 5.30 Å². The van der Waals surface area contributed by atoms with Crippen molar-refractivity contribution in [3.8, 4) is 6.07 Å². The van der Waals surface area contributed by atoms with E-state index in [9.17, 15) is 4.89 Å². The van der Waals surface area contributed by atoms with Crippen molar-refractivity contribution >= 4 is 23.6 Å². The Hall–Kier alpha value is -0.720. The molecule has 0 saturated carbocycles. The lowest BCUT2D eigenvalue weighted by Crippen LogP contribution is -2.19. The molecule has 0 aromatic heterocycles. The van der Waals surface area contributed by atoms with Crippen LogP contribution < -0.4 is 5.30 Å². The van der Waals surface area contributed by atoms with Crippen LogP contribution in [0.2, 0.25) is 0 Å². The number of hydrogen-bond donors (Lipinski definition) is 1. The molecule has 0 aliphatic rings. The molecule has 0 spiro atoms. The van der Waals surface area contributed by atoms with Crippen molar-refractivity contribution in [3.63, 3.8) is 0 Å². The zero-order chi connectivity index (χ0) is 12.2. The molecule has 0 fully saturated rings. The fraction of sp³-hybridized carbons (Fsp3) is 0.364. The van der Waals surface area contributed by atoms with Crippen molar-refractivity contribution in [1.82, 2.24) is 0 Å². The van der Waals surface area contributed by atoms with Crippen LogP contribution >= 0.6 is 6.49 Å². The first-order valence-corrected chi connectivity index (χ1v) is 7.61. The van der Waals surface area contributed by atoms with Gasteiger partial charge in [0, 0.05) is 5.30 Å². The van der Waals surface area contributed by atoms with Crippen LogP contribution in [0.4, 0.5) is 0 Å². The Morgan fingerprint density at radius 3 is 2.38 bits per heavy atom. The van der Waals surface area contributed by atoms with E-state index in [2.05, 4.69) is 0 Å². The summed E-state index contributed by atoms with van der Waals surface area (Å²) >= 11 is 5.06. The van der Waals surface area contributed by atoms with Gasteiger partial charge in [0.25, 0.3) is 0 Å². The Bertz CT molecular complexity index is 427. The van der Waals surface area contributed by atoms with E-state index in [-0.39, 0.29) is 5.92 Å². The molecular formula is C11H14NO2PS. The van der Waals surface area contributed by atoms with Crippen LogP contribution in [-0.4, -0.2) is 11.0 Å². The van der Waals surface area contributed by atoms with Crippen molar-refractivity contribution in [3.05, 3.63) is 30.3 Å². The van der Waals surface area contributed by atoms with Gasteiger partial charge in [-0.25, -0.2) is 0 Å². The standard InChI is InChI=1S/C11H14NO2PS/c1-9(2)11(8-12)14-15(13,16)10-6-4-3-5-7-10/h3-7,9,11H,1-2H3,(H,13,16). The molecule has 1 aromatic rings. The highest BCUT2D eigenvalue weighted by Gasteiger charge is 2.24. The van der Waals surface area contributed by atoms with Crippen molar-refractivity contribution in [2.75, 3.05) is 0 Å². The van der Waals surface area contributed by atoms with Crippen LogP contribution in [-0.2, 0) is 16.3 Å². The first kappa shape index (κ1) is 13.3. The normalized spacial score (nSPS) is 16.4. The van der Waals surface area contributed by atoms with E-state index < -0.39 is 12.6 Å². The molecule has 1 N–H and O–H groups in total. The molecule has 2 atom stereocenters. The van der Waals surface area contributed by atoms with Gasteiger partial charge in [-0.1, -0.05) is 32.0 Å². The molecule has 0 amide bonds. The van der Waals surface area contributed by atoms with Crippen LogP contribution in [0.25, 0.3) is 0 Å². The number of nitrogens with zero attached hydrogens (tertiary/aromatic N) is 1. The van der Waals surface area contributed by atoms with E-state index in [0.717, 1.165) is 0 Å². The molecule has 0 saturated heterocycles. The predicted molar refractivity (Wildman–Crippen MR) is 67.9 cm³/mol. The molecule has 0 aliphatic carbocycles. The third kappa shape index (κ3) is 3.40. The molecule has 0 bridgehead atoms. The molecule has 0 radical (unpaired) electrons. The van der Waals surface area contributed by atoms with E-state index in [1.54, 1.807) is 24.3 Å². The molecule has 2 unspecified atom stereocenters. The minimum Gasteiger partial charge on any atom is -0.342 e. The lowest BCUT2D eigenvalue weighted by Gasteiger charge is -2.21. The Balaban J connectivity index is 2.89. The number of nitriles is 1. The highest BCUT2D eigenvalue weighted by atomic mass is 32.5. The summed E-state index contributed by atoms with van der Waals surface area (Å²) in [5, 5.41) is 9.47. The van der Waals surface area contributed by atoms with E-state index >= 15 is 0 Å². The second-order valence-electron chi connectivity index (χ2n) is 3.76. The SMILES string of the molecule is CC(C)C(C#N)OP(O)(=S)c1ccccc1. The van der Waals surface area contributed by atoms with E-state index in [1.165, 1.54) is 0 Å². The highest BCUT2D eigenvalue weighted by Crippen LogP contribution is 2.43. The summed E-state index contributed by atoms with van der Waals surface area (Å²) in [6, 6.07) is 10.8. The first-order valence-electron chi connectivity index (χ1n) is 4.94. The fourth-order valence-electron chi connectivity index (χ4n) is 1.13. The zero-order valence-electron chi connectivity index (χ0n) is 9.20. The number of hydrogen-bond acceptors (Lipinski definition) is 3. The largest absolute Gasteiger partial charge is 0.342 e. The van der Waals surface area contributed by atoms with Gasteiger partial charge in [-0.3, -0.25) is 0 Å². The summed E-state index contributed by atoms with van der Waals surface area (Å²) in [4.78, 5) is 10.1. The molecule has 86 valence electrons. The molecule has 16 heavy (non-hydrogen) atoms. The Morgan fingerprint density at radius 1 is 1.38 bits per heavy atom. The van der Waals surface area contributed by atoms with Gasteiger partial charge in [0.1, 0.15) is 0 Å². The molecule has 1 rings (SSSR count). The predicted octanol–water partition coefficient (Wildman–Crippen LogP) is 2.18. The summed E-state index contributed by atoms with van der Waals surface area (Å²) in [5.41, 5.74) is 0. The molecule has 3 nitrogen and oxygen atoms in total. The van der Waals surface area contributed by atoms with Gasteiger partial charge in [0.2, 0.25) is 6.49 Å². The number of rotatable bonds is 4. The average Bonchev–Trinajstić information content (AvgIpc) is 2.27. The number of benzene rings is 1. The topological polar surface area (TPSA) is 53.2 Å². The molecular weight excluding hydrogens is 241 g/mol. The maximum atomic E-state index is 10.1. The van der Waals surface area contributed by atoms with Gasteiger partial charge in [-0.15, -0.1) is 0 Å². The summed E-state index contributed by atoms with van der Waals surface area (Å²) in [6.45, 7) is 0.650. The van der Waals surface area contributed by atoms with Gasteiger partial charge < -0.3 is 9.42 Å². The zero-order valence-corrected chi connectivity index (χ0v) is 10.9. The van der Waals surface area contributed by atoms with Crippen LogP contribution in [0, 0.1) is 17.2 Å². The third-order valence-electron chi connectivity index (χ3n) is 2.07. The Kier molecular flexibility index (Phi) is 4.64. The van der Waals surface area contributed by atoms with Crippen molar-refractivity contribution in [1.29, 1.82) is 5.26 Å². The van der Waals surface area contributed by atoms with E-state index in [4.69, 9.17) is 21.6 Å². The van der Waals surface area contributed by atoms with Crippen molar-refractivity contribution in [2.24, 2.45) is 5.92 Å². The minimum absolute atomic E-state index is 0.00295. The van der Waals surface area contributed by atoms with Gasteiger partial charge >= 0.3 is 0 Å². The van der Waals surface area contributed by atoms with Crippen LogP contribution in [0.3, 0.4) is 0 Å². The Morgan fingerprint density at radius 2 is 1.94 bits per heavy atom. The van der Waals surface area contributed by atoms with Crippen LogP contribution in [0.15, 0.2) is 30.3 Å². The quantitative estimate of drug-likeness (QED) is 0.838. The summed E-state index contributed by atoms with van der Waals surface area (Å²) in [7, 11) is 0. The van der Waals surface area contributed by atoms with Gasteiger partial charge in [-0.05, 0) is 29.9 Å². The minimum atomic E-state index is -3.06. The first-order chi connectivity index (χ1) is 7.47. The van der Waals surface area contributed by atoms with Crippen molar-refractivity contribution < 1.29 is 9.42 Å². The molecule has 5 heteroatoms. The third-order valence-corrected chi connectivity index (χ3v) is 4.43. The molecule has 0 aliphatic heterocycles. The summed E-state index contributed by atoms with van der Waals surface area (Å²) < 4.78 is 5.35.